The highest BCUT2D eigenvalue weighted by Crippen LogP contribution is 2.17. The van der Waals surface area contributed by atoms with E-state index in [4.69, 9.17) is 0 Å². The Morgan fingerprint density at radius 1 is 1.41 bits per heavy atom. The first-order chi connectivity index (χ1) is 7.71. The van der Waals surface area contributed by atoms with Crippen molar-refractivity contribution in [3.8, 4) is 0 Å². The lowest BCUT2D eigenvalue weighted by molar-refractivity contribution is 0.0767. The van der Waals surface area contributed by atoms with Gasteiger partial charge >= 0.3 is 0 Å². The van der Waals surface area contributed by atoms with E-state index in [2.05, 4.69) is 29.0 Å². The fourth-order valence-corrected chi connectivity index (χ4v) is 1.49. The molecule has 0 saturated carbocycles. The summed E-state index contributed by atoms with van der Waals surface area (Å²) in [7, 11) is 1.77. The molecule has 1 N–H and O–H groups in total. The van der Waals surface area contributed by atoms with Gasteiger partial charge in [0, 0.05) is 19.0 Å². The van der Waals surface area contributed by atoms with E-state index >= 15 is 0 Å². The van der Waals surface area contributed by atoms with Crippen molar-refractivity contribution in [2.24, 2.45) is 5.92 Å². The molecule has 0 atom stereocenters. The standard InChI is InChI=1S/C12H22N4O/c1-8(2)7-16(6)10(17)9-13-11(15-14-9)12(3,4)5/h8H,7H2,1-6H3,(H,13,14,15). The van der Waals surface area contributed by atoms with Gasteiger partial charge in [-0.25, -0.2) is 4.98 Å². The summed E-state index contributed by atoms with van der Waals surface area (Å²) in [5.41, 5.74) is -0.123. The summed E-state index contributed by atoms with van der Waals surface area (Å²) in [6, 6.07) is 0. The molecule has 0 saturated heterocycles. The molecule has 0 bridgehead atoms. The number of aromatic amines is 1. The second kappa shape index (κ2) is 4.85. The number of H-pyrrole nitrogens is 1. The third kappa shape index (κ3) is 3.54. The Morgan fingerprint density at radius 3 is 2.41 bits per heavy atom. The summed E-state index contributed by atoms with van der Waals surface area (Å²) in [5, 5.41) is 6.81. The predicted octanol–water partition coefficient (Wildman–Crippen LogP) is 1.83. The van der Waals surface area contributed by atoms with Gasteiger partial charge in [-0.15, -0.1) is 5.10 Å². The number of nitrogens with one attached hydrogen (secondary N) is 1. The zero-order chi connectivity index (χ0) is 13.2. The van der Waals surface area contributed by atoms with Gasteiger partial charge in [0.1, 0.15) is 5.82 Å². The quantitative estimate of drug-likeness (QED) is 0.873. The Kier molecular flexibility index (Phi) is 3.91. The van der Waals surface area contributed by atoms with Crippen LogP contribution < -0.4 is 0 Å². The Labute approximate surface area is 103 Å². The van der Waals surface area contributed by atoms with Gasteiger partial charge in [0.05, 0.1) is 0 Å². The van der Waals surface area contributed by atoms with E-state index in [-0.39, 0.29) is 17.1 Å². The van der Waals surface area contributed by atoms with Crippen LogP contribution in [-0.4, -0.2) is 39.6 Å². The Bertz CT molecular complexity index is 389. The number of carbonyl (C=O) groups excluding carboxylic acids is 1. The number of carbonyl (C=O) groups is 1. The van der Waals surface area contributed by atoms with Crippen LogP contribution >= 0.6 is 0 Å². The van der Waals surface area contributed by atoms with Crippen molar-refractivity contribution in [2.45, 2.75) is 40.0 Å². The monoisotopic (exact) mass is 238 g/mol. The van der Waals surface area contributed by atoms with E-state index in [0.717, 1.165) is 5.82 Å². The fraction of sp³-hybridized carbons (Fsp3) is 0.750. The summed E-state index contributed by atoms with van der Waals surface area (Å²) < 4.78 is 0. The first-order valence-corrected chi connectivity index (χ1v) is 5.90. The molecule has 17 heavy (non-hydrogen) atoms. The van der Waals surface area contributed by atoms with Crippen LogP contribution in [0.4, 0.5) is 0 Å². The van der Waals surface area contributed by atoms with Crippen LogP contribution in [0.3, 0.4) is 0 Å². The minimum Gasteiger partial charge on any atom is -0.339 e. The summed E-state index contributed by atoms with van der Waals surface area (Å²) >= 11 is 0. The highest BCUT2D eigenvalue weighted by atomic mass is 16.2. The first-order valence-electron chi connectivity index (χ1n) is 5.90. The Balaban J connectivity index is 2.80. The van der Waals surface area contributed by atoms with Crippen LogP contribution in [0, 0.1) is 5.92 Å². The van der Waals surface area contributed by atoms with Crippen LogP contribution in [-0.2, 0) is 5.41 Å². The molecule has 1 amide bonds. The minimum absolute atomic E-state index is 0.123. The van der Waals surface area contributed by atoms with Crippen molar-refractivity contribution in [1.82, 2.24) is 20.1 Å². The average Bonchev–Trinajstić information content (AvgIpc) is 2.63. The highest BCUT2D eigenvalue weighted by molar-refractivity contribution is 5.90. The van der Waals surface area contributed by atoms with Gasteiger partial charge in [-0.1, -0.05) is 34.6 Å². The number of nitrogens with zero attached hydrogens (tertiary/aromatic N) is 3. The van der Waals surface area contributed by atoms with Gasteiger partial charge in [-0.3, -0.25) is 9.89 Å². The molecule has 5 heteroatoms. The minimum atomic E-state index is -0.134. The first kappa shape index (κ1) is 13.7. The summed E-state index contributed by atoms with van der Waals surface area (Å²) in [6.45, 7) is 10.9. The molecular formula is C12H22N4O. The molecule has 0 aliphatic heterocycles. The molecule has 1 heterocycles. The maximum atomic E-state index is 12.0. The molecule has 0 aliphatic rings. The maximum Gasteiger partial charge on any atom is 0.293 e. The lowest BCUT2D eigenvalue weighted by atomic mass is 9.96. The average molecular weight is 238 g/mol. The molecule has 1 aromatic rings. The normalized spacial score (nSPS) is 11.9. The van der Waals surface area contributed by atoms with Crippen molar-refractivity contribution >= 4 is 5.91 Å². The Hall–Kier alpha value is -1.39. The van der Waals surface area contributed by atoms with E-state index < -0.39 is 0 Å². The molecule has 96 valence electrons. The maximum absolute atomic E-state index is 12.0. The van der Waals surface area contributed by atoms with Gasteiger partial charge in [0.15, 0.2) is 0 Å². The third-order valence-electron chi connectivity index (χ3n) is 2.37. The molecule has 0 radical (unpaired) electrons. The van der Waals surface area contributed by atoms with Gasteiger partial charge in [0.2, 0.25) is 5.82 Å². The van der Waals surface area contributed by atoms with E-state index in [9.17, 15) is 4.79 Å². The van der Waals surface area contributed by atoms with Crippen LogP contribution in [0.15, 0.2) is 0 Å². The van der Waals surface area contributed by atoms with Crippen LogP contribution in [0.25, 0.3) is 0 Å². The van der Waals surface area contributed by atoms with Gasteiger partial charge in [0.25, 0.3) is 5.91 Å². The Morgan fingerprint density at radius 2 is 2.00 bits per heavy atom. The van der Waals surface area contributed by atoms with Crippen LogP contribution in [0.1, 0.15) is 51.1 Å². The molecule has 0 unspecified atom stereocenters. The van der Waals surface area contributed by atoms with Crippen LogP contribution in [0.5, 0.6) is 0 Å². The van der Waals surface area contributed by atoms with Crippen LogP contribution in [0.2, 0.25) is 0 Å². The number of amides is 1. The summed E-state index contributed by atoms with van der Waals surface area (Å²) in [5.74, 6) is 1.28. The fourth-order valence-electron chi connectivity index (χ4n) is 1.49. The lowest BCUT2D eigenvalue weighted by Gasteiger charge is -2.17. The third-order valence-corrected chi connectivity index (χ3v) is 2.37. The smallest absolute Gasteiger partial charge is 0.293 e. The topological polar surface area (TPSA) is 61.9 Å². The predicted molar refractivity (Wildman–Crippen MR) is 66.9 cm³/mol. The molecule has 0 aliphatic carbocycles. The lowest BCUT2D eigenvalue weighted by Crippen LogP contribution is -2.31. The van der Waals surface area contributed by atoms with E-state index in [0.29, 0.717) is 12.5 Å². The summed E-state index contributed by atoms with van der Waals surface area (Å²) in [6.07, 6.45) is 0. The number of hydrogen-bond acceptors (Lipinski definition) is 3. The number of aromatic nitrogens is 3. The second-order valence-electron chi connectivity index (χ2n) is 5.84. The zero-order valence-electron chi connectivity index (χ0n) is 11.5. The van der Waals surface area contributed by atoms with Gasteiger partial charge < -0.3 is 4.90 Å². The van der Waals surface area contributed by atoms with Gasteiger partial charge in [-0.2, -0.15) is 0 Å². The molecule has 0 aromatic carbocycles. The summed E-state index contributed by atoms with van der Waals surface area (Å²) in [4.78, 5) is 17.9. The SMILES string of the molecule is CC(C)CN(C)C(=O)c1n[nH]c(C(C)(C)C)n1. The number of hydrogen-bond donors (Lipinski definition) is 1. The van der Waals surface area contributed by atoms with Gasteiger partial charge in [-0.05, 0) is 5.92 Å². The van der Waals surface area contributed by atoms with Crippen molar-refractivity contribution in [2.75, 3.05) is 13.6 Å². The molecular weight excluding hydrogens is 216 g/mol. The van der Waals surface area contributed by atoms with E-state index in [1.807, 2.05) is 20.8 Å². The van der Waals surface area contributed by atoms with Crippen molar-refractivity contribution < 1.29 is 4.79 Å². The van der Waals surface area contributed by atoms with Crippen molar-refractivity contribution in [3.05, 3.63) is 11.6 Å². The second-order valence-corrected chi connectivity index (χ2v) is 5.84. The number of rotatable bonds is 3. The molecule has 0 spiro atoms. The van der Waals surface area contributed by atoms with E-state index in [1.54, 1.807) is 11.9 Å². The highest BCUT2D eigenvalue weighted by Gasteiger charge is 2.23. The largest absolute Gasteiger partial charge is 0.339 e. The van der Waals surface area contributed by atoms with E-state index in [1.165, 1.54) is 0 Å². The molecule has 5 nitrogen and oxygen atoms in total. The molecule has 0 fully saturated rings. The molecule has 1 rings (SSSR count). The zero-order valence-corrected chi connectivity index (χ0v) is 11.5. The molecule has 1 aromatic heterocycles. The van der Waals surface area contributed by atoms with Crippen molar-refractivity contribution in [3.63, 3.8) is 0 Å². The van der Waals surface area contributed by atoms with Crippen molar-refractivity contribution in [1.29, 1.82) is 0 Å².